The number of aryl methyl sites for hydroxylation is 1. The Kier molecular flexibility index (Phi) is 4.94. The number of nitrogens with zero attached hydrogens (tertiary/aromatic N) is 4. The molecule has 0 aromatic carbocycles. The number of aliphatic carboxylic acids is 1. The molecule has 1 aromatic rings. The summed E-state index contributed by atoms with van der Waals surface area (Å²) in [5.41, 5.74) is 0. The van der Waals surface area contributed by atoms with Crippen molar-refractivity contribution >= 4 is 15.8 Å². The lowest BCUT2D eigenvalue weighted by molar-refractivity contribution is -0.138. The van der Waals surface area contributed by atoms with Gasteiger partial charge in [-0.15, -0.1) is 0 Å². The van der Waals surface area contributed by atoms with Crippen LogP contribution >= 0.6 is 0 Å². The largest absolute Gasteiger partial charge is 0.481 e. The fourth-order valence-electron chi connectivity index (χ4n) is 2.51. The van der Waals surface area contributed by atoms with Crippen molar-refractivity contribution < 1.29 is 18.3 Å². The Morgan fingerprint density at radius 2 is 2.29 bits per heavy atom. The van der Waals surface area contributed by atoms with Crippen LogP contribution in [0.5, 0.6) is 0 Å². The molecule has 0 bridgehead atoms. The Morgan fingerprint density at radius 1 is 1.52 bits per heavy atom. The zero-order valence-corrected chi connectivity index (χ0v) is 12.8. The highest BCUT2D eigenvalue weighted by atomic mass is 32.2. The number of hydrogen-bond acceptors (Lipinski definition) is 6. The van der Waals surface area contributed by atoms with Crippen LogP contribution in [-0.2, 0) is 27.7 Å². The minimum absolute atomic E-state index is 0.0605. The van der Waals surface area contributed by atoms with E-state index in [0.717, 1.165) is 18.8 Å². The van der Waals surface area contributed by atoms with Crippen molar-refractivity contribution in [1.82, 2.24) is 19.7 Å². The Hall–Kier alpha value is -1.48. The van der Waals surface area contributed by atoms with Crippen molar-refractivity contribution in [3.8, 4) is 0 Å². The van der Waals surface area contributed by atoms with Crippen molar-refractivity contribution in [3.63, 3.8) is 0 Å². The number of carboxylic acid groups (broad SMARTS) is 1. The molecule has 1 aliphatic rings. The molecular weight excluding hydrogens is 296 g/mol. The second-order valence-corrected chi connectivity index (χ2v) is 7.46. The lowest BCUT2D eigenvalue weighted by atomic mass is 10.2. The summed E-state index contributed by atoms with van der Waals surface area (Å²) in [6, 6.07) is -0.506. The molecule has 1 aromatic heterocycles. The number of rotatable bonds is 6. The van der Waals surface area contributed by atoms with E-state index in [1.54, 1.807) is 4.68 Å². The maximum atomic E-state index is 11.7. The normalized spacial score (nSPS) is 22.2. The van der Waals surface area contributed by atoms with E-state index in [-0.39, 0.29) is 17.9 Å². The van der Waals surface area contributed by atoms with E-state index in [2.05, 4.69) is 10.1 Å². The summed E-state index contributed by atoms with van der Waals surface area (Å²) in [6.07, 6.45) is 2.21. The van der Waals surface area contributed by atoms with E-state index < -0.39 is 21.8 Å². The van der Waals surface area contributed by atoms with Gasteiger partial charge in [0.25, 0.3) is 0 Å². The first-order chi connectivity index (χ1) is 9.91. The number of sulfone groups is 1. The lowest BCUT2D eigenvalue weighted by Crippen LogP contribution is -2.49. The van der Waals surface area contributed by atoms with Gasteiger partial charge in [0.1, 0.15) is 12.2 Å². The zero-order chi connectivity index (χ0) is 15.5. The SMILES string of the molecule is CCCn1ncnc1CN1CCS(=O)(=O)CC1CC(=O)O. The first-order valence-electron chi connectivity index (χ1n) is 6.94. The van der Waals surface area contributed by atoms with Crippen LogP contribution in [0.25, 0.3) is 0 Å². The van der Waals surface area contributed by atoms with Crippen molar-refractivity contribution in [2.45, 2.75) is 38.9 Å². The average Bonchev–Trinajstić information content (AvgIpc) is 2.79. The third kappa shape index (κ3) is 4.24. The highest BCUT2D eigenvalue weighted by Gasteiger charge is 2.33. The minimum Gasteiger partial charge on any atom is -0.481 e. The van der Waals surface area contributed by atoms with Crippen molar-refractivity contribution in [2.75, 3.05) is 18.1 Å². The molecule has 0 radical (unpaired) electrons. The maximum Gasteiger partial charge on any atom is 0.304 e. The minimum atomic E-state index is -3.16. The quantitative estimate of drug-likeness (QED) is 0.772. The Labute approximate surface area is 123 Å². The van der Waals surface area contributed by atoms with E-state index in [1.165, 1.54) is 6.33 Å². The van der Waals surface area contributed by atoms with Crippen LogP contribution in [0, 0.1) is 0 Å². The van der Waals surface area contributed by atoms with Gasteiger partial charge in [0.2, 0.25) is 0 Å². The molecule has 2 rings (SSSR count). The topological polar surface area (TPSA) is 105 Å². The summed E-state index contributed by atoms with van der Waals surface area (Å²) in [4.78, 5) is 17.0. The molecule has 1 atom stereocenters. The first kappa shape index (κ1) is 15.9. The van der Waals surface area contributed by atoms with Crippen LogP contribution in [0.1, 0.15) is 25.6 Å². The fraction of sp³-hybridized carbons (Fsp3) is 0.750. The molecule has 0 saturated carbocycles. The standard InChI is InChI=1S/C12H20N4O4S/c1-2-3-16-11(13-9-14-16)7-15-4-5-21(19,20)8-10(15)6-12(17)18/h9-10H,2-8H2,1H3,(H,17,18). The molecule has 118 valence electrons. The number of aromatic nitrogens is 3. The van der Waals surface area contributed by atoms with E-state index >= 15 is 0 Å². The maximum absolute atomic E-state index is 11.7. The smallest absolute Gasteiger partial charge is 0.304 e. The molecule has 21 heavy (non-hydrogen) atoms. The molecule has 0 aliphatic carbocycles. The van der Waals surface area contributed by atoms with Crippen LogP contribution in [-0.4, -0.2) is 63.3 Å². The predicted molar refractivity (Wildman–Crippen MR) is 75.4 cm³/mol. The average molecular weight is 316 g/mol. The third-order valence-corrected chi connectivity index (χ3v) is 5.24. The van der Waals surface area contributed by atoms with E-state index in [0.29, 0.717) is 13.1 Å². The fourth-order valence-corrected chi connectivity index (χ4v) is 4.10. The van der Waals surface area contributed by atoms with Crippen molar-refractivity contribution in [1.29, 1.82) is 0 Å². The van der Waals surface area contributed by atoms with Crippen LogP contribution in [0.2, 0.25) is 0 Å². The van der Waals surface area contributed by atoms with Crippen molar-refractivity contribution in [3.05, 3.63) is 12.2 Å². The molecule has 8 nitrogen and oxygen atoms in total. The van der Waals surface area contributed by atoms with Gasteiger partial charge < -0.3 is 5.11 Å². The molecule has 1 unspecified atom stereocenters. The molecule has 0 amide bonds. The highest BCUT2D eigenvalue weighted by molar-refractivity contribution is 7.91. The zero-order valence-electron chi connectivity index (χ0n) is 12.0. The van der Waals surface area contributed by atoms with Gasteiger partial charge in [-0.05, 0) is 6.42 Å². The van der Waals surface area contributed by atoms with Gasteiger partial charge in [-0.25, -0.2) is 18.1 Å². The van der Waals surface area contributed by atoms with Gasteiger partial charge in [0, 0.05) is 19.1 Å². The molecule has 0 spiro atoms. The van der Waals surface area contributed by atoms with Crippen LogP contribution in [0.15, 0.2) is 6.33 Å². The van der Waals surface area contributed by atoms with Gasteiger partial charge in [0.05, 0.1) is 24.5 Å². The number of carboxylic acids is 1. The molecule has 1 saturated heterocycles. The monoisotopic (exact) mass is 316 g/mol. The Morgan fingerprint density at radius 3 is 2.95 bits per heavy atom. The summed E-state index contributed by atoms with van der Waals surface area (Å²) in [7, 11) is -3.16. The van der Waals surface area contributed by atoms with Crippen LogP contribution in [0.4, 0.5) is 0 Å². The second kappa shape index (κ2) is 6.52. The van der Waals surface area contributed by atoms with Gasteiger partial charge in [-0.2, -0.15) is 5.10 Å². The van der Waals surface area contributed by atoms with E-state index in [9.17, 15) is 13.2 Å². The van der Waals surface area contributed by atoms with Gasteiger partial charge in [-0.3, -0.25) is 9.69 Å². The lowest BCUT2D eigenvalue weighted by Gasteiger charge is -2.34. The number of carbonyl (C=O) groups is 1. The van der Waals surface area contributed by atoms with Crippen LogP contribution in [0.3, 0.4) is 0 Å². The summed E-state index contributed by atoms with van der Waals surface area (Å²) >= 11 is 0. The molecule has 1 fully saturated rings. The molecule has 2 heterocycles. The molecule has 1 aliphatic heterocycles. The number of hydrogen-bond donors (Lipinski definition) is 1. The summed E-state index contributed by atoms with van der Waals surface area (Å²) in [5.74, 6) is -0.296. The highest BCUT2D eigenvalue weighted by Crippen LogP contribution is 2.17. The van der Waals surface area contributed by atoms with Crippen LogP contribution < -0.4 is 0 Å². The summed E-state index contributed by atoms with van der Waals surface area (Å²) < 4.78 is 25.2. The molecule has 1 N–H and O–H groups in total. The van der Waals surface area contributed by atoms with Gasteiger partial charge in [0.15, 0.2) is 9.84 Å². The summed E-state index contributed by atoms with van der Waals surface area (Å²) in [6.45, 7) is 3.53. The first-order valence-corrected chi connectivity index (χ1v) is 8.76. The Bertz CT molecular complexity index is 598. The van der Waals surface area contributed by atoms with E-state index in [4.69, 9.17) is 5.11 Å². The molecule has 9 heteroatoms. The van der Waals surface area contributed by atoms with Crippen molar-refractivity contribution in [2.24, 2.45) is 0 Å². The second-order valence-electron chi connectivity index (χ2n) is 5.24. The molecular formula is C12H20N4O4S. The van der Waals surface area contributed by atoms with E-state index in [1.807, 2.05) is 11.8 Å². The predicted octanol–water partition coefficient (Wildman–Crippen LogP) is -0.238. The summed E-state index contributed by atoms with van der Waals surface area (Å²) in [5, 5.41) is 13.1. The third-order valence-electron chi connectivity index (χ3n) is 3.54. The van der Waals surface area contributed by atoms with Gasteiger partial charge >= 0.3 is 5.97 Å². The Balaban J connectivity index is 2.12. The van der Waals surface area contributed by atoms with Gasteiger partial charge in [-0.1, -0.05) is 6.92 Å².